The first kappa shape index (κ1) is 36.9. The van der Waals surface area contributed by atoms with Gasteiger partial charge in [-0.15, -0.1) is 0 Å². The van der Waals surface area contributed by atoms with Crippen molar-refractivity contribution in [1.82, 2.24) is 0 Å². The summed E-state index contributed by atoms with van der Waals surface area (Å²) < 4.78 is 5.39. The molecule has 0 saturated carbocycles. The molecule has 1 atom stereocenters. The average Bonchev–Trinajstić information content (AvgIpc) is 2.91. The molecular weight excluding hydrogens is 504 g/mol. The number of aliphatic hydroxyl groups is 1. The molecule has 0 heterocycles. The van der Waals surface area contributed by atoms with E-state index < -0.39 is 0 Å². The number of carbonyl (C=O) groups is 1. The molecule has 0 saturated heterocycles. The van der Waals surface area contributed by atoms with Gasteiger partial charge < -0.3 is 9.84 Å². The first-order valence-electron chi connectivity index (χ1n) is 16.5. The van der Waals surface area contributed by atoms with Gasteiger partial charge in [0.25, 0.3) is 0 Å². The van der Waals surface area contributed by atoms with Crippen molar-refractivity contribution in [2.24, 2.45) is 5.41 Å². The van der Waals surface area contributed by atoms with Crippen LogP contribution in [0.1, 0.15) is 144 Å². The second kappa shape index (κ2) is 22.5. The first-order chi connectivity index (χ1) is 19.7. The zero-order valence-electron chi connectivity index (χ0n) is 27.5. The number of unbranched alkanes of at least 4 members (excludes halogenated alkanes) is 8. The van der Waals surface area contributed by atoms with Crippen LogP contribution in [0, 0.1) is 5.41 Å². The summed E-state index contributed by atoms with van der Waals surface area (Å²) in [5.74, 6) is -0.106. The second-order valence-corrected chi connectivity index (χ2v) is 12.7. The van der Waals surface area contributed by atoms with Gasteiger partial charge in [-0.2, -0.15) is 0 Å². The van der Waals surface area contributed by atoms with Crippen LogP contribution >= 0.6 is 0 Å². The highest BCUT2D eigenvalue weighted by molar-refractivity contribution is 5.69. The fraction of sp³-hybridized carbons (Fsp3) is 0.658. The number of allylic oxidation sites excluding steroid dienone is 10. The van der Waals surface area contributed by atoms with Crippen molar-refractivity contribution < 1.29 is 14.6 Å². The Labute approximate surface area is 253 Å². The van der Waals surface area contributed by atoms with Crippen LogP contribution in [0.5, 0.6) is 0 Å². The molecule has 0 aromatic rings. The van der Waals surface area contributed by atoms with E-state index in [4.69, 9.17) is 4.74 Å². The van der Waals surface area contributed by atoms with Crippen molar-refractivity contribution in [3.05, 3.63) is 70.9 Å². The van der Waals surface area contributed by atoms with Crippen LogP contribution in [0.3, 0.4) is 0 Å². The summed E-state index contributed by atoms with van der Waals surface area (Å²) in [5.41, 5.74) is 5.59. The summed E-state index contributed by atoms with van der Waals surface area (Å²) in [5, 5.41) is 10.00. The van der Waals surface area contributed by atoms with Gasteiger partial charge in [-0.05, 0) is 89.2 Å². The number of ether oxygens (including phenoxy) is 1. The third-order valence-electron chi connectivity index (χ3n) is 8.14. The zero-order chi connectivity index (χ0) is 30.3. The highest BCUT2D eigenvalue weighted by Gasteiger charge is 2.26. The Morgan fingerprint density at radius 1 is 0.976 bits per heavy atom. The zero-order valence-corrected chi connectivity index (χ0v) is 27.5. The highest BCUT2D eigenvalue weighted by Crippen LogP contribution is 2.40. The van der Waals surface area contributed by atoms with E-state index in [1.54, 1.807) is 0 Å². The quantitative estimate of drug-likeness (QED) is 0.0650. The molecule has 0 aliphatic heterocycles. The SMILES string of the molecule is CCCCCCC(O)C/C=C/CCCCCCCC(=O)OC/C=C(C)/C=C/C=C(C)/C=C/C1=C(C)CCCC1(C)C. The number of aliphatic hydroxyl groups excluding tert-OH is 1. The van der Waals surface area contributed by atoms with Gasteiger partial charge in [0.1, 0.15) is 6.61 Å². The Morgan fingerprint density at radius 3 is 2.46 bits per heavy atom. The third-order valence-corrected chi connectivity index (χ3v) is 8.14. The molecule has 41 heavy (non-hydrogen) atoms. The minimum atomic E-state index is -0.181. The maximum atomic E-state index is 12.0. The van der Waals surface area contributed by atoms with Crippen molar-refractivity contribution in [1.29, 1.82) is 0 Å². The van der Waals surface area contributed by atoms with Gasteiger partial charge in [0.2, 0.25) is 0 Å². The van der Waals surface area contributed by atoms with Crippen LogP contribution < -0.4 is 0 Å². The number of rotatable bonds is 21. The largest absolute Gasteiger partial charge is 0.461 e. The van der Waals surface area contributed by atoms with Gasteiger partial charge in [0.15, 0.2) is 0 Å². The predicted molar refractivity (Wildman–Crippen MR) is 178 cm³/mol. The molecule has 3 nitrogen and oxygen atoms in total. The summed E-state index contributed by atoms with van der Waals surface area (Å²) >= 11 is 0. The van der Waals surface area contributed by atoms with E-state index in [1.807, 2.05) is 13.0 Å². The van der Waals surface area contributed by atoms with Crippen molar-refractivity contribution >= 4 is 5.97 Å². The molecule has 0 amide bonds. The van der Waals surface area contributed by atoms with Crippen LogP contribution in [0.4, 0.5) is 0 Å². The van der Waals surface area contributed by atoms with Crippen molar-refractivity contribution in [3.8, 4) is 0 Å². The van der Waals surface area contributed by atoms with E-state index in [0.717, 1.165) is 50.5 Å². The number of hydrogen-bond acceptors (Lipinski definition) is 3. The minimum Gasteiger partial charge on any atom is -0.461 e. The van der Waals surface area contributed by atoms with E-state index in [2.05, 4.69) is 77.2 Å². The second-order valence-electron chi connectivity index (χ2n) is 12.7. The van der Waals surface area contributed by atoms with Gasteiger partial charge in [0, 0.05) is 6.42 Å². The molecule has 1 aliphatic rings. The maximum absolute atomic E-state index is 12.0. The van der Waals surface area contributed by atoms with Crippen molar-refractivity contribution in [2.75, 3.05) is 6.61 Å². The molecule has 0 radical (unpaired) electrons. The van der Waals surface area contributed by atoms with Crippen LogP contribution in [0.25, 0.3) is 0 Å². The molecule has 0 bridgehead atoms. The van der Waals surface area contributed by atoms with Crippen LogP contribution in [-0.2, 0) is 9.53 Å². The van der Waals surface area contributed by atoms with E-state index in [0.29, 0.717) is 13.0 Å². The number of esters is 1. The van der Waals surface area contributed by atoms with Crippen LogP contribution in [0.2, 0.25) is 0 Å². The molecule has 232 valence electrons. The molecule has 0 aromatic heterocycles. The summed E-state index contributed by atoms with van der Waals surface area (Å²) in [6, 6.07) is 0. The fourth-order valence-corrected chi connectivity index (χ4v) is 5.40. The number of carbonyl (C=O) groups excluding carboxylic acids is 1. The molecule has 1 aliphatic carbocycles. The fourth-order valence-electron chi connectivity index (χ4n) is 5.40. The van der Waals surface area contributed by atoms with Crippen molar-refractivity contribution in [3.63, 3.8) is 0 Å². The van der Waals surface area contributed by atoms with Gasteiger partial charge in [-0.3, -0.25) is 4.79 Å². The van der Waals surface area contributed by atoms with Crippen LogP contribution in [-0.4, -0.2) is 23.8 Å². The molecule has 1 rings (SSSR count). The molecule has 0 spiro atoms. The van der Waals surface area contributed by atoms with Crippen LogP contribution in [0.15, 0.2) is 70.9 Å². The molecule has 0 aromatic carbocycles. The smallest absolute Gasteiger partial charge is 0.306 e. The average molecular weight is 567 g/mol. The first-order valence-corrected chi connectivity index (χ1v) is 16.5. The molecule has 1 N–H and O–H groups in total. The monoisotopic (exact) mass is 566 g/mol. The normalized spacial score (nSPS) is 17.3. The Bertz CT molecular complexity index is 910. The summed E-state index contributed by atoms with van der Waals surface area (Å²) in [7, 11) is 0. The van der Waals surface area contributed by atoms with Gasteiger partial charge >= 0.3 is 5.97 Å². The molecule has 0 fully saturated rings. The Balaban J connectivity index is 2.13. The highest BCUT2D eigenvalue weighted by atomic mass is 16.5. The van der Waals surface area contributed by atoms with E-state index in [9.17, 15) is 9.90 Å². The van der Waals surface area contributed by atoms with Crippen molar-refractivity contribution in [2.45, 2.75) is 150 Å². The minimum absolute atomic E-state index is 0.106. The Hall–Kier alpha value is -2.13. The number of hydrogen-bond donors (Lipinski definition) is 1. The molecule has 1 unspecified atom stereocenters. The van der Waals surface area contributed by atoms with E-state index in [-0.39, 0.29) is 17.5 Å². The standard InChI is InChI=1S/C38H62O3/c1-7-8-9-16-24-35(39)25-17-14-12-10-11-13-15-18-26-37(40)41-31-29-33(3)22-19-21-32(2)27-28-36-34(4)23-20-30-38(36,5)6/h14,17,19,21-22,27-29,35,39H,7-13,15-16,18,20,23-26,30-31H2,1-6H3/b17-14+,22-19+,28-27+,32-21+,33-29+. The lowest BCUT2D eigenvalue weighted by molar-refractivity contribution is -0.142. The third kappa shape index (κ3) is 18.8. The van der Waals surface area contributed by atoms with Gasteiger partial charge in [0.05, 0.1) is 6.10 Å². The lowest BCUT2D eigenvalue weighted by Crippen LogP contribution is -2.19. The lowest BCUT2D eigenvalue weighted by Gasteiger charge is -2.32. The summed E-state index contributed by atoms with van der Waals surface area (Å²) in [4.78, 5) is 12.0. The maximum Gasteiger partial charge on any atom is 0.306 e. The summed E-state index contributed by atoms with van der Waals surface area (Å²) in [6.07, 6.45) is 34.3. The van der Waals surface area contributed by atoms with Gasteiger partial charge in [-0.1, -0.05) is 125 Å². The van der Waals surface area contributed by atoms with E-state index in [1.165, 1.54) is 68.1 Å². The summed E-state index contributed by atoms with van der Waals surface area (Å²) in [6.45, 7) is 13.7. The lowest BCUT2D eigenvalue weighted by atomic mass is 9.72. The Morgan fingerprint density at radius 2 is 1.71 bits per heavy atom. The molecular formula is C38H62O3. The van der Waals surface area contributed by atoms with Gasteiger partial charge in [-0.25, -0.2) is 0 Å². The molecule has 3 heteroatoms. The Kier molecular flexibility index (Phi) is 20.2. The topological polar surface area (TPSA) is 46.5 Å². The predicted octanol–water partition coefficient (Wildman–Crippen LogP) is 11.1. The van der Waals surface area contributed by atoms with E-state index >= 15 is 0 Å².